The maximum atomic E-state index is 13.4. The van der Waals surface area contributed by atoms with Crippen molar-refractivity contribution in [1.29, 1.82) is 0 Å². The number of ether oxygens (including phenoxy) is 1. The second kappa shape index (κ2) is 6.59. The van der Waals surface area contributed by atoms with Crippen LogP contribution in [0.5, 0.6) is 0 Å². The number of hydrogen-bond donors (Lipinski definition) is 0. The molecule has 0 aromatic heterocycles. The quantitative estimate of drug-likeness (QED) is 0.810. The van der Waals surface area contributed by atoms with Gasteiger partial charge in [0.15, 0.2) is 0 Å². The average molecular weight is 315 g/mol. The van der Waals surface area contributed by atoms with Crippen LogP contribution < -0.4 is 0 Å². The molecule has 124 valence electrons. The predicted molar refractivity (Wildman–Crippen MR) is 80.9 cm³/mol. The van der Waals surface area contributed by atoms with Gasteiger partial charge < -0.3 is 4.74 Å². The molecular weight excluding hydrogens is 291 g/mol. The van der Waals surface area contributed by atoms with Crippen LogP contribution >= 0.6 is 0 Å². The second-order valence-electron chi connectivity index (χ2n) is 6.86. The Kier molecular flexibility index (Phi) is 5.17. The van der Waals surface area contributed by atoms with Crippen molar-refractivity contribution in [3.8, 4) is 0 Å². The Labute approximate surface area is 130 Å². The largest absolute Gasteiger partial charge is 0.416 e. The maximum Gasteiger partial charge on any atom is 0.416 e. The molecule has 0 aliphatic carbocycles. The summed E-state index contributed by atoms with van der Waals surface area (Å²) in [5.41, 5.74) is 0.255. The third-order valence-corrected chi connectivity index (χ3v) is 3.99. The van der Waals surface area contributed by atoms with E-state index in [1.165, 1.54) is 6.07 Å². The minimum Gasteiger partial charge on any atom is -0.380 e. The molecule has 0 saturated carbocycles. The predicted octanol–water partition coefficient (Wildman–Crippen LogP) is 4.23. The molecule has 0 atom stereocenters. The first-order chi connectivity index (χ1) is 10.2. The van der Waals surface area contributed by atoms with Gasteiger partial charge in [-0.3, -0.25) is 4.90 Å². The molecule has 1 heterocycles. The summed E-state index contributed by atoms with van der Waals surface area (Å²) in [4.78, 5) is 2.04. The number of benzene rings is 1. The van der Waals surface area contributed by atoms with Gasteiger partial charge in [0.2, 0.25) is 0 Å². The van der Waals surface area contributed by atoms with Crippen molar-refractivity contribution in [2.24, 2.45) is 0 Å². The van der Waals surface area contributed by atoms with Gasteiger partial charge in [-0.2, -0.15) is 13.2 Å². The van der Waals surface area contributed by atoms with Gasteiger partial charge in [-0.05, 0) is 29.0 Å². The molecule has 0 bridgehead atoms. The van der Waals surface area contributed by atoms with Gasteiger partial charge in [0, 0.05) is 26.2 Å². The normalized spacial score (nSPS) is 18.3. The first-order valence-electron chi connectivity index (χ1n) is 7.68. The van der Waals surface area contributed by atoms with Gasteiger partial charge in [0.05, 0.1) is 12.2 Å². The highest BCUT2D eigenvalue weighted by Gasteiger charge is 2.34. The minimum atomic E-state index is -4.32. The topological polar surface area (TPSA) is 12.5 Å². The first-order valence-corrected chi connectivity index (χ1v) is 7.68. The lowest BCUT2D eigenvalue weighted by atomic mass is 9.85. The summed E-state index contributed by atoms with van der Waals surface area (Å²) in [5, 5.41) is 0. The lowest BCUT2D eigenvalue weighted by molar-refractivity contribution is -0.138. The molecule has 22 heavy (non-hydrogen) atoms. The number of rotatable bonds is 2. The van der Waals surface area contributed by atoms with Crippen molar-refractivity contribution in [1.82, 2.24) is 4.90 Å². The number of halogens is 3. The zero-order chi connectivity index (χ0) is 16.4. The fourth-order valence-electron chi connectivity index (χ4n) is 2.64. The van der Waals surface area contributed by atoms with E-state index < -0.39 is 11.7 Å². The van der Waals surface area contributed by atoms with E-state index in [9.17, 15) is 13.2 Å². The molecule has 0 unspecified atom stereocenters. The van der Waals surface area contributed by atoms with Crippen molar-refractivity contribution in [3.63, 3.8) is 0 Å². The van der Waals surface area contributed by atoms with Crippen molar-refractivity contribution < 1.29 is 17.9 Å². The van der Waals surface area contributed by atoms with Crippen molar-refractivity contribution in [2.75, 3.05) is 26.3 Å². The summed E-state index contributed by atoms with van der Waals surface area (Å²) < 4.78 is 45.6. The van der Waals surface area contributed by atoms with Gasteiger partial charge in [-0.1, -0.05) is 32.9 Å². The summed E-state index contributed by atoms with van der Waals surface area (Å²) >= 11 is 0. The van der Waals surface area contributed by atoms with E-state index in [1.807, 2.05) is 31.7 Å². The van der Waals surface area contributed by atoms with Crippen LogP contribution in [-0.4, -0.2) is 31.2 Å². The summed E-state index contributed by atoms with van der Waals surface area (Å²) in [6, 6.07) is 4.76. The Hall–Kier alpha value is -1.07. The van der Waals surface area contributed by atoms with E-state index in [2.05, 4.69) is 0 Å². The number of hydrogen-bond acceptors (Lipinski definition) is 2. The summed E-state index contributed by atoms with van der Waals surface area (Å²) in [6.07, 6.45) is -3.46. The van der Waals surface area contributed by atoms with Gasteiger partial charge in [0.1, 0.15) is 0 Å². The van der Waals surface area contributed by atoms with E-state index in [1.54, 1.807) is 6.07 Å². The Morgan fingerprint density at radius 1 is 1.09 bits per heavy atom. The van der Waals surface area contributed by atoms with Crippen LogP contribution in [-0.2, 0) is 22.9 Å². The highest BCUT2D eigenvalue weighted by Crippen LogP contribution is 2.35. The molecule has 1 fully saturated rings. The lowest BCUT2D eigenvalue weighted by Gasteiger charge is -2.25. The molecule has 5 heteroatoms. The number of alkyl halides is 3. The Morgan fingerprint density at radius 2 is 1.82 bits per heavy atom. The van der Waals surface area contributed by atoms with E-state index in [4.69, 9.17) is 4.74 Å². The summed E-state index contributed by atoms with van der Waals surface area (Å²) in [6.45, 7) is 8.82. The standard InChI is InChI=1S/C17H24F3NO/c1-16(2,3)14-6-5-13(15(11-14)17(18,19)20)12-21-7-4-9-22-10-8-21/h5-6,11H,4,7-10,12H2,1-3H3. The minimum absolute atomic E-state index is 0.297. The Bertz CT molecular complexity index is 498. The van der Waals surface area contributed by atoms with Crippen LogP contribution in [0.4, 0.5) is 13.2 Å². The molecule has 2 nitrogen and oxygen atoms in total. The monoisotopic (exact) mass is 315 g/mol. The van der Waals surface area contributed by atoms with Crippen LogP contribution in [0.3, 0.4) is 0 Å². The molecule has 1 aliphatic rings. The molecule has 1 aliphatic heterocycles. The Morgan fingerprint density at radius 3 is 2.45 bits per heavy atom. The van der Waals surface area contributed by atoms with Gasteiger partial charge in [0.25, 0.3) is 0 Å². The van der Waals surface area contributed by atoms with Crippen LogP contribution in [0, 0.1) is 0 Å². The fraction of sp³-hybridized carbons (Fsp3) is 0.647. The van der Waals surface area contributed by atoms with Crippen LogP contribution in [0.15, 0.2) is 18.2 Å². The smallest absolute Gasteiger partial charge is 0.380 e. The summed E-state index contributed by atoms with van der Waals surface area (Å²) in [7, 11) is 0. The summed E-state index contributed by atoms with van der Waals surface area (Å²) in [5.74, 6) is 0. The highest BCUT2D eigenvalue weighted by atomic mass is 19.4. The van der Waals surface area contributed by atoms with E-state index in [0.717, 1.165) is 13.0 Å². The first kappa shape index (κ1) is 17.3. The highest BCUT2D eigenvalue weighted by molar-refractivity contribution is 5.37. The van der Waals surface area contributed by atoms with Crippen LogP contribution in [0.25, 0.3) is 0 Å². The SMILES string of the molecule is CC(C)(C)c1ccc(CN2CCCOCC2)c(C(F)(F)F)c1. The molecule has 0 amide bonds. The van der Waals surface area contributed by atoms with Crippen molar-refractivity contribution >= 4 is 0 Å². The van der Waals surface area contributed by atoms with Crippen molar-refractivity contribution in [2.45, 2.75) is 45.3 Å². The molecule has 0 radical (unpaired) electrons. The lowest BCUT2D eigenvalue weighted by Crippen LogP contribution is -2.27. The Balaban J connectivity index is 2.29. The van der Waals surface area contributed by atoms with E-state index >= 15 is 0 Å². The van der Waals surface area contributed by atoms with E-state index in [-0.39, 0.29) is 5.41 Å². The van der Waals surface area contributed by atoms with Crippen molar-refractivity contribution in [3.05, 3.63) is 34.9 Å². The molecule has 1 aromatic carbocycles. The van der Waals surface area contributed by atoms with Gasteiger partial charge in [-0.15, -0.1) is 0 Å². The van der Waals surface area contributed by atoms with Gasteiger partial charge in [-0.25, -0.2) is 0 Å². The van der Waals surface area contributed by atoms with Crippen LogP contribution in [0.1, 0.15) is 43.9 Å². The van der Waals surface area contributed by atoms with E-state index in [0.29, 0.717) is 37.4 Å². The maximum absolute atomic E-state index is 13.4. The third kappa shape index (κ3) is 4.46. The molecule has 1 saturated heterocycles. The molecule has 1 aromatic rings. The molecule has 0 N–H and O–H groups in total. The molecular formula is C17H24F3NO. The second-order valence-corrected chi connectivity index (χ2v) is 6.86. The van der Waals surface area contributed by atoms with Crippen LogP contribution in [0.2, 0.25) is 0 Å². The van der Waals surface area contributed by atoms with Gasteiger partial charge >= 0.3 is 6.18 Å². The number of nitrogens with zero attached hydrogens (tertiary/aromatic N) is 1. The zero-order valence-electron chi connectivity index (χ0n) is 13.5. The third-order valence-electron chi connectivity index (χ3n) is 3.99. The fourth-order valence-corrected chi connectivity index (χ4v) is 2.64. The molecule has 0 spiro atoms. The zero-order valence-corrected chi connectivity index (χ0v) is 13.5. The average Bonchev–Trinajstić information content (AvgIpc) is 2.65. The molecule has 2 rings (SSSR count).